The summed E-state index contributed by atoms with van der Waals surface area (Å²) in [6.45, 7) is 2.43. The van der Waals surface area contributed by atoms with Crippen LogP contribution in [0.15, 0.2) is 35.0 Å². The van der Waals surface area contributed by atoms with E-state index in [9.17, 15) is 4.79 Å². The zero-order valence-electron chi connectivity index (χ0n) is 11.5. The average Bonchev–Trinajstić information content (AvgIpc) is 2.89. The van der Waals surface area contributed by atoms with E-state index >= 15 is 0 Å². The molecule has 0 unspecified atom stereocenters. The fraction of sp³-hybridized carbons (Fsp3) is 0.267. The molecule has 0 aliphatic rings. The highest BCUT2D eigenvalue weighted by Crippen LogP contribution is 2.09. The lowest BCUT2D eigenvalue weighted by atomic mass is 10.2. The fourth-order valence-electron chi connectivity index (χ4n) is 1.84. The molecule has 2 heterocycles. The number of hydrogen-bond donors (Lipinski definition) is 0. The number of amides is 1. The van der Waals surface area contributed by atoms with Crippen molar-refractivity contribution in [3.8, 4) is 6.07 Å². The predicted octanol–water partition coefficient (Wildman–Crippen LogP) is 2.17. The summed E-state index contributed by atoms with van der Waals surface area (Å²) in [5.74, 6) is 1.56. The van der Waals surface area contributed by atoms with Crippen molar-refractivity contribution in [1.82, 2.24) is 9.88 Å². The van der Waals surface area contributed by atoms with Crippen LogP contribution in [0, 0.1) is 18.3 Å². The van der Waals surface area contributed by atoms with Gasteiger partial charge in [-0.15, -0.1) is 0 Å². The van der Waals surface area contributed by atoms with Crippen molar-refractivity contribution < 1.29 is 9.21 Å². The van der Waals surface area contributed by atoms with Crippen LogP contribution < -0.4 is 0 Å². The third-order valence-corrected chi connectivity index (χ3v) is 2.95. The van der Waals surface area contributed by atoms with Gasteiger partial charge < -0.3 is 9.32 Å². The number of rotatable bonds is 4. The summed E-state index contributed by atoms with van der Waals surface area (Å²) in [6.07, 6.45) is 3.56. The quantitative estimate of drug-likeness (QED) is 0.852. The van der Waals surface area contributed by atoms with E-state index in [4.69, 9.17) is 9.68 Å². The van der Waals surface area contributed by atoms with Crippen LogP contribution in [0.1, 0.15) is 27.4 Å². The molecule has 5 heteroatoms. The zero-order valence-corrected chi connectivity index (χ0v) is 11.5. The van der Waals surface area contributed by atoms with Gasteiger partial charge in [0.15, 0.2) is 0 Å². The van der Waals surface area contributed by atoms with Gasteiger partial charge in [0.05, 0.1) is 11.1 Å². The number of carbonyl (C=O) groups excluding carboxylic acids is 1. The Labute approximate surface area is 117 Å². The molecule has 1 amide bonds. The minimum Gasteiger partial charge on any atom is -0.466 e. The molecule has 0 aliphatic carbocycles. The van der Waals surface area contributed by atoms with Gasteiger partial charge in [0, 0.05) is 32.4 Å². The van der Waals surface area contributed by atoms with Crippen molar-refractivity contribution in [3.63, 3.8) is 0 Å². The Hall–Kier alpha value is -2.61. The second-order valence-electron chi connectivity index (χ2n) is 4.56. The third kappa shape index (κ3) is 3.23. The monoisotopic (exact) mass is 269 g/mol. The van der Waals surface area contributed by atoms with E-state index in [1.54, 1.807) is 18.0 Å². The van der Waals surface area contributed by atoms with Crippen LogP contribution in [0.5, 0.6) is 0 Å². The smallest absolute Gasteiger partial charge is 0.255 e. The highest BCUT2D eigenvalue weighted by molar-refractivity contribution is 5.94. The standard InChI is InChI=1S/C15H15N3O2/c1-11-3-4-14(20-11)5-6-18(2)15(19)13-7-12(8-16)9-17-10-13/h3-4,7,9-10H,5-6H2,1-2H3. The second-order valence-corrected chi connectivity index (χ2v) is 4.56. The maximum absolute atomic E-state index is 12.2. The Morgan fingerprint density at radius 1 is 1.45 bits per heavy atom. The van der Waals surface area contributed by atoms with Crippen molar-refractivity contribution in [2.75, 3.05) is 13.6 Å². The molecule has 0 N–H and O–H groups in total. The van der Waals surface area contributed by atoms with Crippen molar-refractivity contribution in [3.05, 3.63) is 53.2 Å². The lowest BCUT2D eigenvalue weighted by Crippen LogP contribution is -2.28. The number of pyridine rings is 1. The molecule has 0 radical (unpaired) electrons. The van der Waals surface area contributed by atoms with Crippen LogP contribution in [0.2, 0.25) is 0 Å². The van der Waals surface area contributed by atoms with Gasteiger partial charge in [0.25, 0.3) is 5.91 Å². The molecule has 0 saturated carbocycles. The van der Waals surface area contributed by atoms with E-state index in [0.29, 0.717) is 24.1 Å². The summed E-state index contributed by atoms with van der Waals surface area (Å²) in [4.78, 5) is 17.7. The Morgan fingerprint density at radius 3 is 2.90 bits per heavy atom. The molecule has 0 aromatic carbocycles. The predicted molar refractivity (Wildman–Crippen MR) is 73.1 cm³/mol. The highest BCUT2D eigenvalue weighted by atomic mass is 16.3. The molecular formula is C15H15N3O2. The van der Waals surface area contributed by atoms with Gasteiger partial charge in [-0.3, -0.25) is 9.78 Å². The van der Waals surface area contributed by atoms with E-state index in [0.717, 1.165) is 11.5 Å². The van der Waals surface area contributed by atoms with Gasteiger partial charge in [-0.25, -0.2) is 0 Å². The first-order valence-electron chi connectivity index (χ1n) is 6.26. The summed E-state index contributed by atoms with van der Waals surface area (Å²) in [5, 5.41) is 8.81. The number of nitriles is 1. The van der Waals surface area contributed by atoms with Crippen LogP contribution >= 0.6 is 0 Å². The van der Waals surface area contributed by atoms with Gasteiger partial charge in [0.2, 0.25) is 0 Å². The number of aryl methyl sites for hydroxylation is 1. The molecule has 0 atom stereocenters. The number of furan rings is 1. The third-order valence-electron chi connectivity index (χ3n) is 2.95. The molecule has 0 bridgehead atoms. The SMILES string of the molecule is Cc1ccc(CCN(C)C(=O)c2cncc(C#N)c2)o1. The number of carbonyl (C=O) groups is 1. The van der Waals surface area contributed by atoms with Gasteiger partial charge >= 0.3 is 0 Å². The topological polar surface area (TPSA) is 70.1 Å². The number of hydrogen-bond acceptors (Lipinski definition) is 4. The minimum atomic E-state index is -0.155. The number of aromatic nitrogens is 1. The molecule has 2 aromatic rings. The van der Waals surface area contributed by atoms with Crippen LogP contribution in [0.3, 0.4) is 0 Å². The molecule has 0 aliphatic heterocycles. The molecule has 0 spiro atoms. The van der Waals surface area contributed by atoms with Crippen molar-refractivity contribution in [2.45, 2.75) is 13.3 Å². The second kappa shape index (κ2) is 6.02. The molecule has 0 fully saturated rings. The van der Waals surface area contributed by atoms with Gasteiger partial charge in [-0.05, 0) is 25.1 Å². The Balaban J connectivity index is 1.99. The van der Waals surface area contributed by atoms with Crippen LogP contribution in [-0.2, 0) is 6.42 Å². The van der Waals surface area contributed by atoms with Crippen molar-refractivity contribution in [2.24, 2.45) is 0 Å². The number of likely N-dealkylation sites (N-methyl/N-ethyl adjacent to an activating group) is 1. The Morgan fingerprint density at radius 2 is 2.25 bits per heavy atom. The van der Waals surface area contributed by atoms with Gasteiger partial charge in [-0.1, -0.05) is 0 Å². The summed E-state index contributed by atoms with van der Waals surface area (Å²) in [5.41, 5.74) is 0.799. The van der Waals surface area contributed by atoms with Gasteiger partial charge in [0.1, 0.15) is 17.6 Å². The highest BCUT2D eigenvalue weighted by Gasteiger charge is 2.13. The van der Waals surface area contributed by atoms with Gasteiger partial charge in [-0.2, -0.15) is 5.26 Å². The first-order chi connectivity index (χ1) is 9.60. The molecule has 20 heavy (non-hydrogen) atoms. The molecular weight excluding hydrogens is 254 g/mol. The van der Waals surface area contributed by atoms with E-state index in [-0.39, 0.29) is 5.91 Å². The molecule has 102 valence electrons. The summed E-state index contributed by atoms with van der Waals surface area (Å²) in [7, 11) is 1.72. The Kier molecular flexibility index (Phi) is 4.16. The average molecular weight is 269 g/mol. The lowest BCUT2D eigenvalue weighted by molar-refractivity contribution is 0.0794. The first kappa shape index (κ1) is 13.8. The van der Waals surface area contributed by atoms with E-state index in [2.05, 4.69) is 4.98 Å². The van der Waals surface area contributed by atoms with Crippen LogP contribution in [-0.4, -0.2) is 29.4 Å². The van der Waals surface area contributed by atoms with E-state index in [1.807, 2.05) is 25.1 Å². The molecule has 0 saturated heterocycles. The summed E-state index contributed by atoms with van der Waals surface area (Å²) >= 11 is 0. The Bertz CT molecular complexity index is 655. The molecule has 2 rings (SSSR count). The fourth-order valence-corrected chi connectivity index (χ4v) is 1.84. The van der Waals surface area contributed by atoms with E-state index < -0.39 is 0 Å². The summed E-state index contributed by atoms with van der Waals surface area (Å²) in [6, 6.07) is 7.33. The van der Waals surface area contributed by atoms with E-state index in [1.165, 1.54) is 12.4 Å². The lowest BCUT2D eigenvalue weighted by Gasteiger charge is -2.16. The summed E-state index contributed by atoms with van der Waals surface area (Å²) < 4.78 is 5.46. The number of nitrogens with zero attached hydrogens (tertiary/aromatic N) is 3. The van der Waals surface area contributed by atoms with Crippen LogP contribution in [0.4, 0.5) is 0 Å². The maximum Gasteiger partial charge on any atom is 0.255 e. The normalized spacial score (nSPS) is 10.1. The first-order valence-corrected chi connectivity index (χ1v) is 6.26. The largest absolute Gasteiger partial charge is 0.466 e. The molecule has 2 aromatic heterocycles. The molecule has 5 nitrogen and oxygen atoms in total. The minimum absolute atomic E-state index is 0.155. The van der Waals surface area contributed by atoms with Crippen LogP contribution in [0.25, 0.3) is 0 Å². The van der Waals surface area contributed by atoms with Crippen molar-refractivity contribution >= 4 is 5.91 Å². The zero-order chi connectivity index (χ0) is 14.5. The van der Waals surface area contributed by atoms with Crippen molar-refractivity contribution in [1.29, 1.82) is 5.26 Å². The maximum atomic E-state index is 12.2.